The molecular weight excluding hydrogens is 240 g/mol. The molecule has 1 rings (SSSR count). The van der Waals surface area contributed by atoms with Crippen LogP contribution in [0.3, 0.4) is 0 Å². The number of amidine groups is 1. The molecule has 1 atom stereocenters. The zero-order valence-corrected chi connectivity index (χ0v) is 11.4. The van der Waals surface area contributed by atoms with Gasteiger partial charge in [-0.25, -0.2) is 0 Å². The first-order valence-electron chi connectivity index (χ1n) is 5.20. The molecule has 0 saturated heterocycles. The lowest BCUT2D eigenvalue weighted by Crippen LogP contribution is -2.12. The van der Waals surface area contributed by atoms with Gasteiger partial charge in [0.2, 0.25) is 0 Å². The van der Waals surface area contributed by atoms with Crippen molar-refractivity contribution in [2.75, 3.05) is 0 Å². The maximum absolute atomic E-state index is 7.35. The molecular formula is C12H19ClN2S. The Morgan fingerprint density at radius 2 is 2.12 bits per heavy atom. The van der Waals surface area contributed by atoms with E-state index in [0.29, 0.717) is 11.5 Å². The molecule has 0 spiro atoms. The summed E-state index contributed by atoms with van der Waals surface area (Å²) in [7, 11) is 0. The number of nitrogens with one attached hydrogen (secondary N) is 1. The van der Waals surface area contributed by atoms with Crippen molar-refractivity contribution < 1.29 is 0 Å². The highest BCUT2D eigenvalue weighted by molar-refractivity contribution is 7.80. The van der Waals surface area contributed by atoms with Crippen LogP contribution in [0.25, 0.3) is 0 Å². The van der Waals surface area contributed by atoms with Gasteiger partial charge in [-0.05, 0) is 30.0 Å². The molecule has 0 saturated carbocycles. The number of rotatable bonds is 4. The lowest BCUT2D eigenvalue weighted by atomic mass is 9.98. The minimum Gasteiger partial charge on any atom is -0.384 e. The third-order valence-corrected chi connectivity index (χ3v) is 3.00. The zero-order valence-electron chi connectivity index (χ0n) is 9.66. The molecule has 1 aromatic carbocycles. The lowest BCUT2D eigenvalue weighted by molar-refractivity contribution is 0.560. The highest BCUT2D eigenvalue weighted by atomic mass is 35.5. The number of hydrogen-bond donors (Lipinski definition) is 3. The normalized spacial score (nSPS) is 11.7. The van der Waals surface area contributed by atoms with Crippen LogP contribution in [-0.4, -0.2) is 5.84 Å². The maximum Gasteiger partial charge on any atom is 0.123 e. The molecule has 90 valence electrons. The predicted octanol–water partition coefficient (Wildman–Crippen LogP) is 3.27. The first-order valence-corrected chi connectivity index (χ1v) is 5.65. The van der Waals surface area contributed by atoms with Gasteiger partial charge in [0.1, 0.15) is 5.84 Å². The van der Waals surface area contributed by atoms with Crippen LogP contribution in [-0.2, 0) is 6.42 Å². The Morgan fingerprint density at radius 3 is 2.56 bits per heavy atom. The molecule has 1 unspecified atom stereocenters. The summed E-state index contributed by atoms with van der Waals surface area (Å²) in [4.78, 5) is 0.795. The van der Waals surface area contributed by atoms with Crippen LogP contribution in [0.15, 0.2) is 23.1 Å². The molecule has 0 aliphatic rings. The maximum atomic E-state index is 7.35. The van der Waals surface area contributed by atoms with Crippen LogP contribution in [0.4, 0.5) is 0 Å². The minimum absolute atomic E-state index is 0. The fraction of sp³-hybridized carbons (Fsp3) is 0.417. The van der Waals surface area contributed by atoms with Crippen molar-refractivity contribution in [1.82, 2.24) is 0 Å². The molecule has 3 N–H and O–H groups in total. The summed E-state index contributed by atoms with van der Waals surface area (Å²) in [6.45, 7) is 4.42. The average Bonchev–Trinajstić information content (AvgIpc) is 2.17. The standard InChI is InChI=1S/C12H18N2S.ClH/c1-3-8(2)6-9-4-5-10(12(13)14)11(15)7-9;/h4-5,7-8,15H,3,6H2,1-2H3,(H3,13,14);1H. The molecule has 0 radical (unpaired) electrons. The summed E-state index contributed by atoms with van der Waals surface area (Å²) in [6, 6.07) is 5.91. The van der Waals surface area contributed by atoms with Crippen LogP contribution in [0.5, 0.6) is 0 Å². The summed E-state index contributed by atoms with van der Waals surface area (Å²) in [6.07, 6.45) is 2.23. The molecule has 0 fully saturated rings. The van der Waals surface area contributed by atoms with Crippen molar-refractivity contribution in [3.63, 3.8) is 0 Å². The van der Waals surface area contributed by atoms with Crippen molar-refractivity contribution in [2.24, 2.45) is 11.7 Å². The molecule has 0 bridgehead atoms. The summed E-state index contributed by atoms with van der Waals surface area (Å²) < 4.78 is 0. The van der Waals surface area contributed by atoms with E-state index < -0.39 is 0 Å². The molecule has 0 aromatic heterocycles. The van der Waals surface area contributed by atoms with Gasteiger partial charge < -0.3 is 5.73 Å². The second-order valence-corrected chi connectivity index (χ2v) is 4.46. The number of hydrogen-bond acceptors (Lipinski definition) is 2. The number of nitrogen functional groups attached to an aromatic ring is 1. The van der Waals surface area contributed by atoms with Crippen LogP contribution in [0.2, 0.25) is 0 Å². The van der Waals surface area contributed by atoms with Gasteiger partial charge in [-0.2, -0.15) is 0 Å². The summed E-state index contributed by atoms with van der Waals surface area (Å²) in [5.41, 5.74) is 7.40. The zero-order chi connectivity index (χ0) is 11.4. The third kappa shape index (κ3) is 4.06. The molecule has 16 heavy (non-hydrogen) atoms. The van der Waals surface area contributed by atoms with Gasteiger partial charge in [0.15, 0.2) is 0 Å². The predicted molar refractivity (Wildman–Crippen MR) is 75.1 cm³/mol. The highest BCUT2D eigenvalue weighted by Gasteiger charge is 2.05. The van der Waals surface area contributed by atoms with Gasteiger partial charge in [-0.1, -0.05) is 26.3 Å². The number of thiol groups is 1. The van der Waals surface area contributed by atoms with Crippen LogP contribution in [0, 0.1) is 11.3 Å². The molecule has 1 aromatic rings. The Kier molecular flexibility index (Phi) is 6.53. The Morgan fingerprint density at radius 1 is 1.50 bits per heavy atom. The fourth-order valence-corrected chi connectivity index (χ4v) is 1.84. The van der Waals surface area contributed by atoms with Gasteiger partial charge >= 0.3 is 0 Å². The molecule has 0 aliphatic heterocycles. The smallest absolute Gasteiger partial charge is 0.123 e. The monoisotopic (exact) mass is 258 g/mol. The summed E-state index contributed by atoms with van der Waals surface area (Å²) >= 11 is 4.34. The largest absolute Gasteiger partial charge is 0.384 e. The van der Waals surface area contributed by atoms with Gasteiger partial charge in [-0.3, -0.25) is 5.41 Å². The van der Waals surface area contributed by atoms with Crippen LogP contribution < -0.4 is 5.73 Å². The number of halogens is 1. The average molecular weight is 259 g/mol. The first-order chi connectivity index (χ1) is 7.04. The van der Waals surface area contributed by atoms with E-state index >= 15 is 0 Å². The van der Waals surface area contributed by atoms with Crippen molar-refractivity contribution >= 4 is 30.9 Å². The molecule has 4 heteroatoms. The Balaban J connectivity index is 0.00000225. The highest BCUT2D eigenvalue weighted by Crippen LogP contribution is 2.18. The van der Waals surface area contributed by atoms with E-state index in [1.54, 1.807) is 0 Å². The van der Waals surface area contributed by atoms with Crippen molar-refractivity contribution in [3.8, 4) is 0 Å². The van der Waals surface area contributed by atoms with E-state index in [1.165, 1.54) is 12.0 Å². The minimum atomic E-state index is 0. The van der Waals surface area contributed by atoms with E-state index in [-0.39, 0.29) is 18.2 Å². The molecule has 0 amide bonds. The van der Waals surface area contributed by atoms with E-state index in [2.05, 4.69) is 26.5 Å². The van der Waals surface area contributed by atoms with Gasteiger partial charge in [0.25, 0.3) is 0 Å². The third-order valence-electron chi connectivity index (χ3n) is 2.63. The van der Waals surface area contributed by atoms with Gasteiger partial charge in [0, 0.05) is 10.5 Å². The summed E-state index contributed by atoms with van der Waals surface area (Å²) in [5.74, 6) is 0.760. The molecule has 2 nitrogen and oxygen atoms in total. The lowest BCUT2D eigenvalue weighted by Gasteiger charge is -2.10. The van der Waals surface area contributed by atoms with Gasteiger partial charge in [0.05, 0.1) is 0 Å². The summed E-state index contributed by atoms with van der Waals surface area (Å²) in [5, 5.41) is 7.35. The molecule has 0 heterocycles. The van der Waals surface area contributed by atoms with E-state index in [0.717, 1.165) is 11.3 Å². The quantitative estimate of drug-likeness (QED) is 0.433. The topological polar surface area (TPSA) is 49.9 Å². The SMILES string of the molecule is CCC(C)Cc1ccc(C(=N)N)c(S)c1.Cl. The fourth-order valence-electron chi connectivity index (χ4n) is 1.48. The first kappa shape index (κ1) is 15.3. The number of benzene rings is 1. The van der Waals surface area contributed by atoms with E-state index in [1.807, 2.05) is 18.2 Å². The Hall–Kier alpha value is -0.670. The second kappa shape index (κ2) is 6.81. The Labute approximate surface area is 109 Å². The molecule has 0 aliphatic carbocycles. The van der Waals surface area contributed by atoms with Crippen molar-refractivity contribution in [3.05, 3.63) is 29.3 Å². The van der Waals surface area contributed by atoms with Gasteiger partial charge in [-0.15, -0.1) is 25.0 Å². The van der Waals surface area contributed by atoms with Crippen molar-refractivity contribution in [1.29, 1.82) is 5.41 Å². The van der Waals surface area contributed by atoms with E-state index in [4.69, 9.17) is 11.1 Å². The Bertz CT molecular complexity index is 366. The van der Waals surface area contributed by atoms with Crippen LogP contribution in [0.1, 0.15) is 31.4 Å². The van der Waals surface area contributed by atoms with E-state index in [9.17, 15) is 0 Å². The second-order valence-electron chi connectivity index (χ2n) is 3.98. The number of nitrogens with two attached hydrogens (primary N) is 1. The van der Waals surface area contributed by atoms with Crippen molar-refractivity contribution in [2.45, 2.75) is 31.6 Å². The van der Waals surface area contributed by atoms with Crippen LogP contribution >= 0.6 is 25.0 Å².